The van der Waals surface area contributed by atoms with Crippen molar-refractivity contribution in [2.45, 2.75) is 6.42 Å². The summed E-state index contributed by atoms with van der Waals surface area (Å²) in [6.07, 6.45) is 0.917. The van der Waals surface area contributed by atoms with Gasteiger partial charge < -0.3 is 14.8 Å². The molecule has 0 atom stereocenters. The van der Waals surface area contributed by atoms with E-state index in [2.05, 4.69) is 27.3 Å². The summed E-state index contributed by atoms with van der Waals surface area (Å²) in [5.74, 6) is 2.54. The molecule has 128 valence electrons. The molecule has 6 heteroatoms. The number of fused-ring (bicyclic) bond motifs is 1. The highest BCUT2D eigenvalue weighted by Crippen LogP contribution is 2.43. The third-order valence-corrected chi connectivity index (χ3v) is 4.86. The van der Waals surface area contributed by atoms with Crippen LogP contribution in [0.4, 0.5) is 5.82 Å². The Morgan fingerprint density at radius 2 is 1.80 bits per heavy atom. The van der Waals surface area contributed by atoms with Crippen LogP contribution in [0.1, 0.15) is 5.56 Å². The Hall–Kier alpha value is -2.47. The number of nitrogens with one attached hydrogen (secondary N) is 1. The van der Waals surface area contributed by atoms with Crippen LogP contribution in [0.5, 0.6) is 11.5 Å². The maximum atomic E-state index is 5.58. The summed E-state index contributed by atoms with van der Waals surface area (Å²) >= 11 is 3.54. The summed E-state index contributed by atoms with van der Waals surface area (Å²) in [7, 11) is 3.34. The lowest BCUT2D eigenvalue weighted by Crippen LogP contribution is -2.04. The Morgan fingerprint density at radius 3 is 2.48 bits per heavy atom. The molecule has 0 aliphatic carbocycles. The minimum absolute atomic E-state index is 0.757. The van der Waals surface area contributed by atoms with Crippen molar-refractivity contribution in [2.24, 2.45) is 0 Å². The van der Waals surface area contributed by atoms with Gasteiger partial charge in [-0.1, -0.05) is 28.1 Å². The molecule has 3 aromatic rings. The Kier molecular flexibility index (Phi) is 4.13. The molecule has 0 saturated heterocycles. The number of methoxy groups -OCH3 is 2. The molecule has 1 aromatic heterocycles. The highest BCUT2D eigenvalue weighted by Gasteiger charge is 2.27. The molecule has 0 saturated carbocycles. The molecule has 1 aliphatic rings. The van der Waals surface area contributed by atoms with Gasteiger partial charge in [0.2, 0.25) is 0 Å². The summed E-state index contributed by atoms with van der Waals surface area (Å²) < 4.78 is 14.1. The van der Waals surface area contributed by atoms with Gasteiger partial charge in [-0.3, -0.25) is 0 Å². The van der Waals surface area contributed by atoms with Gasteiger partial charge in [0, 0.05) is 16.6 Å². The molecule has 0 fully saturated rings. The normalized spacial score (nSPS) is 12.6. The summed E-state index contributed by atoms with van der Waals surface area (Å²) in [6, 6.07) is 13.9. The lowest BCUT2D eigenvalue weighted by molar-refractivity contribution is 0.397. The first-order valence-corrected chi connectivity index (χ1v) is 8.85. The Morgan fingerprint density at radius 1 is 1.08 bits per heavy atom. The zero-order chi connectivity index (χ0) is 17.4. The van der Waals surface area contributed by atoms with Gasteiger partial charge in [0.1, 0.15) is 23.0 Å². The van der Waals surface area contributed by atoms with Gasteiger partial charge in [-0.05, 0) is 36.8 Å². The zero-order valence-electron chi connectivity index (χ0n) is 14.0. The van der Waals surface area contributed by atoms with Gasteiger partial charge in [0.05, 0.1) is 25.5 Å². The van der Waals surface area contributed by atoms with Crippen molar-refractivity contribution in [3.8, 4) is 28.4 Å². The van der Waals surface area contributed by atoms with Crippen molar-refractivity contribution >= 4 is 21.7 Å². The number of aromatic nitrogens is 2. The molecule has 0 radical (unpaired) electrons. The van der Waals surface area contributed by atoms with Crippen LogP contribution < -0.4 is 14.8 Å². The van der Waals surface area contributed by atoms with Gasteiger partial charge >= 0.3 is 0 Å². The second-order valence-corrected chi connectivity index (χ2v) is 6.70. The van der Waals surface area contributed by atoms with Crippen molar-refractivity contribution in [3.63, 3.8) is 0 Å². The molecule has 2 aromatic carbocycles. The first-order valence-electron chi connectivity index (χ1n) is 8.06. The van der Waals surface area contributed by atoms with Gasteiger partial charge in [0.15, 0.2) is 0 Å². The standard InChI is InChI=1S/C19H18BrN3O2/c1-24-15-7-4-8-16(25-2)17(15)18-14-9-10-21-19(14)23(22-18)13-6-3-5-12(20)11-13/h3-8,11,21H,9-10H2,1-2H3. The van der Waals surface area contributed by atoms with Crippen LogP contribution in [0.25, 0.3) is 16.9 Å². The Balaban J connectivity index is 1.96. The summed E-state index contributed by atoms with van der Waals surface area (Å²) in [5, 5.41) is 8.36. The van der Waals surface area contributed by atoms with E-state index >= 15 is 0 Å². The average molecular weight is 400 g/mol. The van der Waals surface area contributed by atoms with E-state index in [1.54, 1.807) is 14.2 Å². The fourth-order valence-electron chi connectivity index (χ4n) is 3.25. The van der Waals surface area contributed by atoms with Crippen molar-refractivity contribution in [1.29, 1.82) is 0 Å². The zero-order valence-corrected chi connectivity index (χ0v) is 15.6. The predicted molar refractivity (Wildman–Crippen MR) is 102 cm³/mol. The van der Waals surface area contributed by atoms with Crippen LogP contribution in [0, 0.1) is 0 Å². The molecule has 0 amide bonds. The quantitative estimate of drug-likeness (QED) is 0.710. The number of rotatable bonds is 4. The topological polar surface area (TPSA) is 48.3 Å². The van der Waals surface area contributed by atoms with Gasteiger partial charge in [-0.2, -0.15) is 5.10 Å². The fraction of sp³-hybridized carbons (Fsp3) is 0.211. The second kappa shape index (κ2) is 6.44. The van der Waals surface area contributed by atoms with E-state index in [0.29, 0.717) is 0 Å². The molecule has 4 rings (SSSR count). The predicted octanol–water partition coefficient (Wildman–Crippen LogP) is 4.29. The van der Waals surface area contributed by atoms with Crippen molar-refractivity contribution in [1.82, 2.24) is 9.78 Å². The van der Waals surface area contributed by atoms with E-state index in [9.17, 15) is 0 Å². The van der Waals surface area contributed by atoms with E-state index in [1.165, 1.54) is 5.56 Å². The number of benzene rings is 2. The van der Waals surface area contributed by atoms with E-state index in [4.69, 9.17) is 14.6 Å². The van der Waals surface area contributed by atoms with Crippen molar-refractivity contribution in [3.05, 3.63) is 52.5 Å². The number of ether oxygens (including phenoxy) is 2. The number of nitrogens with zero attached hydrogens (tertiary/aromatic N) is 2. The van der Waals surface area contributed by atoms with E-state index in [0.717, 1.165) is 51.7 Å². The lowest BCUT2D eigenvalue weighted by atomic mass is 10.0. The smallest absolute Gasteiger partial charge is 0.133 e. The maximum Gasteiger partial charge on any atom is 0.133 e. The highest BCUT2D eigenvalue weighted by atomic mass is 79.9. The van der Waals surface area contributed by atoms with Gasteiger partial charge in [-0.25, -0.2) is 4.68 Å². The van der Waals surface area contributed by atoms with Crippen LogP contribution in [0.3, 0.4) is 0 Å². The molecular weight excluding hydrogens is 382 g/mol. The Bertz CT molecular complexity index is 914. The molecular formula is C19H18BrN3O2. The molecule has 25 heavy (non-hydrogen) atoms. The van der Waals surface area contributed by atoms with Crippen LogP contribution in [-0.2, 0) is 6.42 Å². The monoisotopic (exact) mass is 399 g/mol. The second-order valence-electron chi connectivity index (χ2n) is 5.78. The molecule has 0 unspecified atom stereocenters. The van der Waals surface area contributed by atoms with E-state index in [-0.39, 0.29) is 0 Å². The molecule has 0 bridgehead atoms. The van der Waals surface area contributed by atoms with Gasteiger partial charge in [0.25, 0.3) is 0 Å². The number of halogens is 1. The fourth-order valence-corrected chi connectivity index (χ4v) is 3.64. The summed E-state index contributed by atoms with van der Waals surface area (Å²) in [6.45, 7) is 0.894. The van der Waals surface area contributed by atoms with E-state index in [1.807, 2.05) is 41.1 Å². The number of anilines is 1. The molecule has 2 heterocycles. The average Bonchev–Trinajstić information content (AvgIpc) is 3.23. The minimum Gasteiger partial charge on any atom is -0.496 e. The van der Waals surface area contributed by atoms with Crippen molar-refractivity contribution < 1.29 is 9.47 Å². The molecule has 0 spiro atoms. The lowest BCUT2D eigenvalue weighted by Gasteiger charge is -2.12. The highest BCUT2D eigenvalue weighted by molar-refractivity contribution is 9.10. The largest absolute Gasteiger partial charge is 0.496 e. The molecule has 1 aliphatic heterocycles. The molecule has 5 nitrogen and oxygen atoms in total. The number of hydrogen-bond acceptors (Lipinski definition) is 4. The summed E-state index contributed by atoms with van der Waals surface area (Å²) in [4.78, 5) is 0. The van der Waals surface area contributed by atoms with Crippen LogP contribution in [0.2, 0.25) is 0 Å². The van der Waals surface area contributed by atoms with Crippen LogP contribution >= 0.6 is 15.9 Å². The SMILES string of the molecule is COc1cccc(OC)c1-c1nn(-c2cccc(Br)c2)c2c1CCN2. The summed E-state index contributed by atoms with van der Waals surface area (Å²) in [5.41, 5.74) is 3.97. The maximum absolute atomic E-state index is 5.58. The van der Waals surface area contributed by atoms with Crippen LogP contribution in [-0.4, -0.2) is 30.5 Å². The third-order valence-electron chi connectivity index (χ3n) is 4.37. The van der Waals surface area contributed by atoms with E-state index < -0.39 is 0 Å². The number of hydrogen-bond donors (Lipinski definition) is 1. The molecule has 1 N–H and O–H groups in total. The first-order chi connectivity index (χ1) is 12.2. The van der Waals surface area contributed by atoms with Crippen molar-refractivity contribution in [2.75, 3.05) is 26.1 Å². The van der Waals surface area contributed by atoms with Crippen LogP contribution in [0.15, 0.2) is 46.9 Å². The Labute approximate surface area is 154 Å². The first kappa shape index (κ1) is 16.0. The third kappa shape index (κ3) is 2.66. The van der Waals surface area contributed by atoms with Gasteiger partial charge in [-0.15, -0.1) is 0 Å². The minimum atomic E-state index is 0.757.